The summed E-state index contributed by atoms with van der Waals surface area (Å²) in [7, 11) is 1.44. The summed E-state index contributed by atoms with van der Waals surface area (Å²) >= 11 is 0. The molecule has 1 fully saturated rings. The van der Waals surface area contributed by atoms with Gasteiger partial charge in [-0.2, -0.15) is 5.10 Å². The molecular weight excluding hydrogens is 859 g/mol. The van der Waals surface area contributed by atoms with E-state index in [4.69, 9.17) is 24.0 Å². The number of anilines is 1. The van der Waals surface area contributed by atoms with Crippen LogP contribution in [0.4, 0.5) is 5.69 Å². The van der Waals surface area contributed by atoms with Gasteiger partial charge in [-0.1, -0.05) is 76.3 Å². The Bertz CT molecular complexity index is 2450. The molecule has 0 aliphatic carbocycles. The number of fused-ring (bicyclic) bond motifs is 14. The van der Waals surface area contributed by atoms with Crippen molar-refractivity contribution < 1.29 is 58.9 Å². The lowest BCUT2D eigenvalue weighted by molar-refractivity contribution is -0.160. The highest BCUT2D eigenvalue weighted by Crippen LogP contribution is 2.55. The molecule has 15 heteroatoms. The highest BCUT2D eigenvalue weighted by atomic mass is 16.7. The molecule has 6 N–H and O–H groups in total. The lowest BCUT2D eigenvalue weighted by atomic mass is 9.78. The summed E-state index contributed by atoms with van der Waals surface area (Å²) in [5.41, 5.74) is 0.900. The van der Waals surface area contributed by atoms with Crippen molar-refractivity contribution in [2.45, 2.75) is 131 Å². The number of rotatable bonds is 6. The number of phenols is 3. The first-order valence-corrected chi connectivity index (χ1v) is 23.1. The van der Waals surface area contributed by atoms with Crippen LogP contribution in [0.15, 0.2) is 71.6 Å². The number of benzene rings is 3. The standard InChI is InChI=1S/C52H67N3O12/c1-26-16-15-17-27(2)51(63)54-42-37(25-53-55-28(3)22-36(23-29(55)4)24-35-18-13-12-14-19-35)46(60)39-40(47(42)61)45(59)33(8)49-41(39)50(62)52(10,67-49)65-21-20-38(64-11)30(5)48(66-34(9)56)32(7)44(58)31(6)43(26)57/h12-21,25-26,28-32,36,38,43-44,48,57-61H,22-24H2,1-11H3,(H,54,63)/b16-15+,21-20+,27-17-,53-25+/t26-,28?,29?,30-,31-,32-,36?,38+,43+,44-,48-,52+/m1/s1. The molecule has 5 bridgehead atoms. The van der Waals surface area contributed by atoms with Gasteiger partial charge in [0.2, 0.25) is 0 Å². The summed E-state index contributed by atoms with van der Waals surface area (Å²) in [6, 6.07) is 10.2. The smallest absolute Gasteiger partial charge is 0.312 e. The van der Waals surface area contributed by atoms with Crippen molar-refractivity contribution in [1.29, 1.82) is 0 Å². The minimum absolute atomic E-state index is 0.0328. The summed E-state index contributed by atoms with van der Waals surface area (Å²) in [5, 5.41) is 68.3. The van der Waals surface area contributed by atoms with E-state index in [0.717, 1.165) is 19.3 Å². The van der Waals surface area contributed by atoms with Gasteiger partial charge in [-0.3, -0.25) is 19.4 Å². The number of hydrazone groups is 1. The Morgan fingerprint density at radius 3 is 2.19 bits per heavy atom. The van der Waals surface area contributed by atoms with E-state index in [9.17, 15) is 39.9 Å². The van der Waals surface area contributed by atoms with Crippen LogP contribution >= 0.6 is 0 Å². The second-order valence-electron chi connectivity index (χ2n) is 19.0. The number of hydrogen-bond acceptors (Lipinski definition) is 14. The number of aromatic hydroxyl groups is 3. The van der Waals surface area contributed by atoms with Crippen LogP contribution in [0.1, 0.15) is 102 Å². The number of carbonyl (C=O) groups is 3. The molecule has 0 aromatic heterocycles. The highest BCUT2D eigenvalue weighted by Gasteiger charge is 2.50. The Labute approximate surface area is 392 Å². The molecule has 7 rings (SSSR count). The van der Waals surface area contributed by atoms with Crippen molar-refractivity contribution >= 4 is 40.3 Å². The van der Waals surface area contributed by atoms with Crippen LogP contribution in [-0.2, 0) is 30.2 Å². The van der Waals surface area contributed by atoms with Crippen molar-refractivity contribution in [3.8, 4) is 23.0 Å². The number of methoxy groups -OCH3 is 1. The van der Waals surface area contributed by atoms with Gasteiger partial charge in [-0.25, -0.2) is 0 Å². The number of allylic oxidation sites excluding steroid dienone is 2. The normalized spacial score (nSPS) is 32.6. The summed E-state index contributed by atoms with van der Waals surface area (Å²) in [6.07, 6.45) is 7.51. The molecule has 67 heavy (non-hydrogen) atoms. The molecular formula is C52H67N3O12. The van der Waals surface area contributed by atoms with Gasteiger partial charge < -0.3 is 49.8 Å². The van der Waals surface area contributed by atoms with Crippen LogP contribution in [0, 0.1) is 36.5 Å². The second kappa shape index (κ2) is 20.5. The van der Waals surface area contributed by atoms with Gasteiger partial charge >= 0.3 is 11.8 Å². The van der Waals surface area contributed by atoms with Crippen LogP contribution < -0.4 is 10.1 Å². The monoisotopic (exact) mass is 925 g/mol. The number of nitrogens with zero attached hydrogens (tertiary/aromatic N) is 2. The van der Waals surface area contributed by atoms with E-state index in [-0.39, 0.29) is 56.6 Å². The average Bonchev–Trinajstić information content (AvgIpc) is 3.55. The number of carbonyl (C=O) groups excluding carboxylic acids is 3. The molecule has 4 aliphatic rings. The number of aliphatic hydroxyl groups excluding tert-OH is 2. The van der Waals surface area contributed by atoms with Crippen molar-refractivity contribution in [3.05, 3.63) is 88.7 Å². The fourth-order valence-corrected chi connectivity index (χ4v) is 10.1. The Balaban J connectivity index is 1.49. The summed E-state index contributed by atoms with van der Waals surface area (Å²) in [5.74, 6) is -8.01. The van der Waals surface area contributed by atoms with Crippen molar-refractivity contribution in [2.75, 3.05) is 12.4 Å². The van der Waals surface area contributed by atoms with E-state index in [0.29, 0.717) is 5.92 Å². The van der Waals surface area contributed by atoms with Gasteiger partial charge in [0.05, 0.1) is 53.0 Å². The Morgan fingerprint density at radius 2 is 1.57 bits per heavy atom. The Kier molecular flexibility index (Phi) is 15.5. The first-order chi connectivity index (χ1) is 31.6. The molecule has 3 aromatic rings. The molecule has 2 unspecified atom stereocenters. The minimum atomic E-state index is -2.06. The van der Waals surface area contributed by atoms with Crippen LogP contribution in [0.5, 0.6) is 23.0 Å². The van der Waals surface area contributed by atoms with Crippen molar-refractivity contribution in [1.82, 2.24) is 5.01 Å². The zero-order chi connectivity index (χ0) is 49.2. The third-order valence-corrected chi connectivity index (χ3v) is 14.0. The van der Waals surface area contributed by atoms with Crippen LogP contribution in [-0.4, -0.2) is 104 Å². The maximum absolute atomic E-state index is 14.6. The number of ether oxygens (including phenoxy) is 4. The van der Waals surface area contributed by atoms with Crippen LogP contribution in [0.25, 0.3) is 10.8 Å². The number of amides is 1. The molecule has 4 aliphatic heterocycles. The molecule has 362 valence electrons. The summed E-state index contributed by atoms with van der Waals surface area (Å²) < 4.78 is 23.8. The topological polar surface area (TPSA) is 217 Å². The van der Waals surface area contributed by atoms with Crippen LogP contribution in [0.3, 0.4) is 0 Å². The van der Waals surface area contributed by atoms with E-state index in [1.54, 1.807) is 39.8 Å². The molecule has 15 nitrogen and oxygen atoms in total. The molecule has 11 atom stereocenters. The average molecular weight is 926 g/mol. The number of nitrogens with one attached hydrogen (secondary N) is 1. The number of ketones is 1. The van der Waals surface area contributed by atoms with E-state index < -0.39 is 88.8 Å². The van der Waals surface area contributed by atoms with E-state index in [2.05, 4.69) is 31.3 Å². The lowest BCUT2D eigenvalue weighted by Gasteiger charge is -2.41. The predicted octanol–water partition coefficient (Wildman–Crippen LogP) is 7.82. The Hall–Kier alpha value is -5.90. The quantitative estimate of drug-likeness (QED) is 0.0603. The molecule has 0 radical (unpaired) electrons. The van der Waals surface area contributed by atoms with Gasteiger partial charge in [0, 0.05) is 73.2 Å². The summed E-state index contributed by atoms with van der Waals surface area (Å²) in [6.45, 7) is 16.7. The van der Waals surface area contributed by atoms with E-state index >= 15 is 0 Å². The molecule has 1 amide bonds. The van der Waals surface area contributed by atoms with E-state index in [1.807, 2.05) is 23.2 Å². The fraction of sp³-hybridized carbons (Fsp3) is 0.500. The summed E-state index contributed by atoms with van der Waals surface area (Å²) in [4.78, 5) is 41.1. The predicted molar refractivity (Wildman–Crippen MR) is 255 cm³/mol. The van der Waals surface area contributed by atoms with E-state index in [1.165, 1.54) is 65.0 Å². The van der Waals surface area contributed by atoms with Gasteiger partial charge in [-0.15, -0.1) is 0 Å². The fourth-order valence-electron chi connectivity index (χ4n) is 10.1. The lowest BCUT2D eigenvalue weighted by Crippen LogP contribution is -2.46. The number of esters is 1. The third-order valence-electron chi connectivity index (χ3n) is 14.0. The highest BCUT2D eigenvalue weighted by molar-refractivity contribution is 6.23. The van der Waals surface area contributed by atoms with Gasteiger partial charge in [-0.05, 0) is 64.5 Å². The largest absolute Gasteiger partial charge is 0.507 e. The first-order valence-electron chi connectivity index (χ1n) is 23.1. The maximum atomic E-state index is 14.6. The number of aliphatic hydroxyl groups is 2. The molecule has 3 aromatic carbocycles. The van der Waals surface area contributed by atoms with Crippen molar-refractivity contribution in [3.63, 3.8) is 0 Å². The van der Waals surface area contributed by atoms with Crippen LogP contribution in [0.2, 0.25) is 0 Å². The van der Waals surface area contributed by atoms with Gasteiger partial charge in [0.25, 0.3) is 11.7 Å². The second-order valence-corrected chi connectivity index (χ2v) is 19.0. The SMILES string of the molecule is CO[C@H]1/C=C/O[C@@]2(C)Oc3c(C)c(O)c4c(O)c(c(/C=N/N5C(C)CC(Cc6ccccc6)CC5C)c(O)c4c3C2=O)NC(=O)/C(C)=C\C=C\[C@@H](C)[C@H](O)[C@@H](C)[C@@H](O)[C@@H](C)[C@H](OC(C)=O)[C@@H]1C. The van der Waals surface area contributed by atoms with Gasteiger partial charge in [0.15, 0.2) is 5.75 Å². The molecule has 4 heterocycles. The molecule has 0 spiro atoms. The number of piperidine rings is 1. The Morgan fingerprint density at radius 1 is 0.910 bits per heavy atom. The number of Topliss-reactive ketones (excluding diaryl/α,β-unsaturated/α-hetero) is 1. The zero-order valence-corrected chi connectivity index (χ0v) is 40.3. The minimum Gasteiger partial charge on any atom is -0.507 e. The maximum Gasteiger partial charge on any atom is 0.312 e. The number of hydrogen-bond donors (Lipinski definition) is 6. The number of phenolic OH excluding ortho intramolecular Hbond substituents is 3. The third kappa shape index (κ3) is 10.2. The molecule has 1 saturated heterocycles. The van der Waals surface area contributed by atoms with Crippen molar-refractivity contribution in [2.24, 2.45) is 34.7 Å². The van der Waals surface area contributed by atoms with Gasteiger partial charge in [0.1, 0.15) is 23.4 Å². The zero-order valence-electron chi connectivity index (χ0n) is 40.3. The molecule has 0 saturated carbocycles. The first kappa shape index (κ1) is 50.5.